The number of aromatic amines is 1. The summed E-state index contributed by atoms with van der Waals surface area (Å²) in [6.45, 7) is 3.61. The molecule has 0 atom stereocenters. The molecule has 5 heteroatoms. The van der Waals surface area contributed by atoms with Crippen LogP contribution in [0.25, 0.3) is 0 Å². The SMILES string of the molecule is CN1CCN(C(=O)Cc2ccn[nH]2)CC1. The van der Waals surface area contributed by atoms with Crippen LogP contribution in [0.4, 0.5) is 0 Å². The van der Waals surface area contributed by atoms with E-state index in [4.69, 9.17) is 0 Å². The molecule has 1 fully saturated rings. The number of rotatable bonds is 2. The Kier molecular flexibility index (Phi) is 3.01. The van der Waals surface area contributed by atoms with Crippen molar-refractivity contribution in [1.29, 1.82) is 0 Å². The van der Waals surface area contributed by atoms with Crippen molar-refractivity contribution in [3.05, 3.63) is 18.0 Å². The molecule has 0 aliphatic carbocycles. The monoisotopic (exact) mass is 208 g/mol. The van der Waals surface area contributed by atoms with Crippen molar-refractivity contribution in [3.8, 4) is 0 Å². The first-order valence-electron chi connectivity index (χ1n) is 5.20. The molecule has 1 N–H and O–H groups in total. The van der Waals surface area contributed by atoms with Gasteiger partial charge in [-0.25, -0.2) is 0 Å². The highest BCUT2D eigenvalue weighted by Crippen LogP contribution is 2.03. The molecule has 1 aromatic rings. The van der Waals surface area contributed by atoms with Crippen LogP contribution in [0.2, 0.25) is 0 Å². The molecule has 0 unspecified atom stereocenters. The largest absolute Gasteiger partial charge is 0.340 e. The summed E-state index contributed by atoms with van der Waals surface area (Å²) in [5.74, 6) is 0.187. The third kappa shape index (κ3) is 2.56. The molecular formula is C10H16N4O. The Morgan fingerprint density at radius 3 is 2.80 bits per heavy atom. The topological polar surface area (TPSA) is 52.2 Å². The first kappa shape index (κ1) is 10.2. The van der Waals surface area contributed by atoms with Gasteiger partial charge in [-0.1, -0.05) is 0 Å². The van der Waals surface area contributed by atoms with Gasteiger partial charge in [0.1, 0.15) is 0 Å². The highest BCUT2D eigenvalue weighted by atomic mass is 16.2. The standard InChI is InChI=1S/C10H16N4O/c1-13-4-6-14(7-5-13)10(15)8-9-2-3-11-12-9/h2-3H,4-8H2,1H3,(H,11,12). The van der Waals surface area contributed by atoms with Crippen molar-refractivity contribution in [1.82, 2.24) is 20.0 Å². The second kappa shape index (κ2) is 4.44. The number of piperazine rings is 1. The van der Waals surface area contributed by atoms with Crippen LogP contribution in [-0.2, 0) is 11.2 Å². The quantitative estimate of drug-likeness (QED) is 0.727. The minimum Gasteiger partial charge on any atom is -0.340 e. The van der Waals surface area contributed by atoms with Gasteiger partial charge in [-0.15, -0.1) is 0 Å². The van der Waals surface area contributed by atoms with E-state index < -0.39 is 0 Å². The molecule has 82 valence electrons. The summed E-state index contributed by atoms with van der Waals surface area (Å²) in [5.41, 5.74) is 0.888. The number of hydrogen-bond acceptors (Lipinski definition) is 3. The van der Waals surface area contributed by atoms with E-state index >= 15 is 0 Å². The lowest BCUT2D eigenvalue weighted by molar-refractivity contribution is -0.132. The third-order valence-corrected chi connectivity index (χ3v) is 2.76. The van der Waals surface area contributed by atoms with Gasteiger partial charge < -0.3 is 9.80 Å². The Bertz CT molecular complexity index is 314. The summed E-state index contributed by atoms with van der Waals surface area (Å²) < 4.78 is 0. The van der Waals surface area contributed by atoms with Crippen molar-refractivity contribution < 1.29 is 4.79 Å². The van der Waals surface area contributed by atoms with Crippen molar-refractivity contribution in [3.63, 3.8) is 0 Å². The van der Waals surface area contributed by atoms with E-state index in [-0.39, 0.29) is 5.91 Å². The van der Waals surface area contributed by atoms with E-state index in [1.807, 2.05) is 11.0 Å². The van der Waals surface area contributed by atoms with Gasteiger partial charge in [-0.05, 0) is 13.1 Å². The molecule has 0 spiro atoms. The summed E-state index contributed by atoms with van der Waals surface area (Å²) in [4.78, 5) is 16.0. The van der Waals surface area contributed by atoms with Gasteiger partial charge in [0.2, 0.25) is 5.91 Å². The van der Waals surface area contributed by atoms with Gasteiger partial charge in [0.05, 0.1) is 6.42 Å². The molecule has 1 aromatic heterocycles. The van der Waals surface area contributed by atoms with Crippen LogP contribution in [0.1, 0.15) is 5.69 Å². The normalized spacial score (nSPS) is 18.1. The average molecular weight is 208 g/mol. The van der Waals surface area contributed by atoms with Gasteiger partial charge in [0, 0.05) is 38.1 Å². The van der Waals surface area contributed by atoms with Crippen molar-refractivity contribution >= 4 is 5.91 Å². The van der Waals surface area contributed by atoms with Crippen LogP contribution in [0.5, 0.6) is 0 Å². The predicted octanol–water partition coefficient (Wildman–Crippen LogP) is -0.274. The van der Waals surface area contributed by atoms with Crippen molar-refractivity contribution in [2.24, 2.45) is 0 Å². The zero-order chi connectivity index (χ0) is 10.7. The van der Waals surface area contributed by atoms with Gasteiger partial charge in [0.25, 0.3) is 0 Å². The highest BCUT2D eigenvalue weighted by molar-refractivity contribution is 5.78. The predicted molar refractivity (Wildman–Crippen MR) is 56.4 cm³/mol. The maximum Gasteiger partial charge on any atom is 0.228 e. The van der Waals surface area contributed by atoms with E-state index in [1.165, 1.54) is 0 Å². The molecule has 0 radical (unpaired) electrons. The van der Waals surface area contributed by atoms with Gasteiger partial charge in [-0.3, -0.25) is 9.89 Å². The number of carbonyl (C=O) groups is 1. The number of nitrogens with one attached hydrogen (secondary N) is 1. The fraction of sp³-hybridized carbons (Fsp3) is 0.600. The van der Waals surface area contributed by atoms with Gasteiger partial charge in [-0.2, -0.15) is 5.10 Å². The molecule has 5 nitrogen and oxygen atoms in total. The van der Waals surface area contributed by atoms with E-state index in [2.05, 4.69) is 22.1 Å². The molecular weight excluding hydrogens is 192 g/mol. The molecule has 1 saturated heterocycles. The second-order valence-corrected chi connectivity index (χ2v) is 3.94. The number of likely N-dealkylation sites (N-methyl/N-ethyl adjacent to an activating group) is 1. The Morgan fingerprint density at radius 1 is 1.47 bits per heavy atom. The van der Waals surface area contributed by atoms with Crippen LogP contribution < -0.4 is 0 Å². The highest BCUT2D eigenvalue weighted by Gasteiger charge is 2.19. The lowest BCUT2D eigenvalue weighted by Gasteiger charge is -2.32. The van der Waals surface area contributed by atoms with Crippen LogP contribution in [0.3, 0.4) is 0 Å². The number of hydrogen-bond donors (Lipinski definition) is 1. The van der Waals surface area contributed by atoms with Gasteiger partial charge in [0.15, 0.2) is 0 Å². The van der Waals surface area contributed by atoms with Crippen LogP contribution in [-0.4, -0.2) is 59.1 Å². The summed E-state index contributed by atoms with van der Waals surface area (Å²) in [6, 6.07) is 1.84. The summed E-state index contributed by atoms with van der Waals surface area (Å²) in [5, 5.41) is 6.64. The zero-order valence-electron chi connectivity index (χ0n) is 8.94. The fourth-order valence-corrected chi connectivity index (χ4v) is 1.71. The zero-order valence-corrected chi connectivity index (χ0v) is 8.94. The summed E-state index contributed by atoms with van der Waals surface area (Å²) >= 11 is 0. The maximum atomic E-state index is 11.8. The summed E-state index contributed by atoms with van der Waals surface area (Å²) in [6.07, 6.45) is 2.11. The minimum atomic E-state index is 0.187. The van der Waals surface area contributed by atoms with E-state index in [0.717, 1.165) is 31.9 Å². The lowest BCUT2D eigenvalue weighted by atomic mass is 10.2. The molecule has 1 amide bonds. The van der Waals surface area contributed by atoms with Crippen LogP contribution >= 0.6 is 0 Å². The summed E-state index contributed by atoms with van der Waals surface area (Å²) in [7, 11) is 2.08. The Morgan fingerprint density at radius 2 is 2.20 bits per heavy atom. The van der Waals surface area contributed by atoms with E-state index in [1.54, 1.807) is 6.20 Å². The maximum absolute atomic E-state index is 11.8. The molecule has 0 aromatic carbocycles. The van der Waals surface area contributed by atoms with Crippen LogP contribution in [0.15, 0.2) is 12.3 Å². The number of nitrogens with zero attached hydrogens (tertiary/aromatic N) is 3. The lowest BCUT2D eigenvalue weighted by Crippen LogP contribution is -2.47. The van der Waals surface area contributed by atoms with Crippen molar-refractivity contribution in [2.75, 3.05) is 33.2 Å². The molecule has 0 saturated carbocycles. The Hall–Kier alpha value is -1.36. The molecule has 1 aliphatic rings. The third-order valence-electron chi connectivity index (χ3n) is 2.76. The fourth-order valence-electron chi connectivity index (χ4n) is 1.71. The van der Waals surface area contributed by atoms with E-state index in [0.29, 0.717) is 6.42 Å². The number of H-pyrrole nitrogens is 1. The van der Waals surface area contributed by atoms with Gasteiger partial charge >= 0.3 is 0 Å². The molecule has 15 heavy (non-hydrogen) atoms. The number of aromatic nitrogens is 2. The number of carbonyl (C=O) groups excluding carboxylic acids is 1. The smallest absolute Gasteiger partial charge is 0.228 e. The Labute approximate surface area is 89.1 Å². The first-order valence-corrected chi connectivity index (χ1v) is 5.20. The first-order chi connectivity index (χ1) is 7.25. The Balaban J connectivity index is 1.86. The molecule has 2 heterocycles. The number of amides is 1. The van der Waals surface area contributed by atoms with Crippen molar-refractivity contribution in [2.45, 2.75) is 6.42 Å². The second-order valence-electron chi connectivity index (χ2n) is 3.94. The minimum absolute atomic E-state index is 0.187. The molecule has 1 aliphatic heterocycles. The van der Waals surface area contributed by atoms with Crippen LogP contribution in [0, 0.1) is 0 Å². The molecule has 0 bridgehead atoms. The average Bonchev–Trinajstić information content (AvgIpc) is 2.71. The van der Waals surface area contributed by atoms with E-state index in [9.17, 15) is 4.79 Å². The molecule has 2 rings (SSSR count).